The summed E-state index contributed by atoms with van der Waals surface area (Å²) in [7, 11) is 0. The van der Waals surface area contributed by atoms with Gasteiger partial charge in [0.2, 0.25) is 5.91 Å². The predicted octanol–water partition coefficient (Wildman–Crippen LogP) is 1.25. The zero-order valence-electron chi connectivity index (χ0n) is 12.3. The van der Waals surface area contributed by atoms with E-state index in [1.54, 1.807) is 0 Å². The topological polar surface area (TPSA) is 97.1 Å². The van der Waals surface area contributed by atoms with Crippen LogP contribution in [0.4, 0.5) is 0 Å². The maximum atomic E-state index is 12.0. The van der Waals surface area contributed by atoms with Gasteiger partial charge in [-0.1, -0.05) is 48.9 Å². The number of amides is 1. The molecule has 0 saturated heterocycles. The molecule has 0 unspecified atom stereocenters. The molecule has 1 aromatic carbocycles. The summed E-state index contributed by atoms with van der Waals surface area (Å²) >= 11 is 0. The van der Waals surface area contributed by atoms with Gasteiger partial charge >= 0.3 is 5.97 Å². The van der Waals surface area contributed by atoms with Gasteiger partial charge in [-0.2, -0.15) is 0 Å². The molecule has 0 spiro atoms. The normalized spacial score (nSPS) is 10.4. The SMILES string of the molecule is CCCc1c(C(=O)O)nnn1CC(=O)NCc1ccccc1. The highest BCUT2D eigenvalue weighted by Crippen LogP contribution is 2.08. The summed E-state index contributed by atoms with van der Waals surface area (Å²) in [6.07, 6.45) is 1.26. The summed E-state index contributed by atoms with van der Waals surface area (Å²) < 4.78 is 1.35. The lowest BCUT2D eigenvalue weighted by Crippen LogP contribution is -2.28. The number of hydrogen-bond donors (Lipinski definition) is 2. The van der Waals surface area contributed by atoms with Gasteiger partial charge in [-0.15, -0.1) is 5.10 Å². The van der Waals surface area contributed by atoms with E-state index in [-0.39, 0.29) is 18.1 Å². The molecular weight excluding hydrogens is 284 g/mol. The molecule has 0 atom stereocenters. The van der Waals surface area contributed by atoms with Gasteiger partial charge in [-0.25, -0.2) is 9.48 Å². The molecule has 2 N–H and O–H groups in total. The molecule has 1 aromatic heterocycles. The summed E-state index contributed by atoms with van der Waals surface area (Å²) in [6.45, 7) is 2.31. The van der Waals surface area contributed by atoms with Gasteiger partial charge in [-0.05, 0) is 12.0 Å². The standard InChI is InChI=1S/C15H18N4O3/c1-2-6-12-14(15(21)22)17-18-19(12)10-13(20)16-9-11-7-4-3-5-8-11/h3-5,7-8H,2,6,9-10H2,1H3,(H,16,20)(H,21,22). The van der Waals surface area contributed by atoms with E-state index in [9.17, 15) is 9.59 Å². The van der Waals surface area contributed by atoms with E-state index in [0.29, 0.717) is 18.7 Å². The first-order chi connectivity index (χ1) is 10.6. The minimum Gasteiger partial charge on any atom is -0.476 e. The first-order valence-corrected chi connectivity index (χ1v) is 7.08. The summed E-state index contributed by atoms with van der Waals surface area (Å²) in [4.78, 5) is 23.1. The first kappa shape index (κ1) is 15.7. The fraction of sp³-hybridized carbons (Fsp3) is 0.333. The number of hydrogen-bond acceptors (Lipinski definition) is 4. The van der Waals surface area contributed by atoms with Gasteiger partial charge in [0, 0.05) is 6.54 Å². The quantitative estimate of drug-likeness (QED) is 0.802. The Kier molecular flexibility index (Phi) is 5.24. The van der Waals surface area contributed by atoms with Crippen LogP contribution < -0.4 is 5.32 Å². The molecule has 7 nitrogen and oxygen atoms in total. The van der Waals surface area contributed by atoms with Crippen LogP contribution in [-0.2, 0) is 24.3 Å². The second kappa shape index (κ2) is 7.35. The largest absolute Gasteiger partial charge is 0.476 e. The van der Waals surface area contributed by atoms with Crippen molar-refractivity contribution in [3.05, 3.63) is 47.3 Å². The minimum absolute atomic E-state index is 0.0392. The van der Waals surface area contributed by atoms with Crippen molar-refractivity contribution < 1.29 is 14.7 Å². The van der Waals surface area contributed by atoms with Crippen LogP contribution in [-0.4, -0.2) is 32.0 Å². The number of carboxylic acid groups (broad SMARTS) is 1. The Labute approximate surface area is 128 Å². The Morgan fingerprint density at radius 1 is 1.27 bits per heavy atom. The molecule has 2 aromatic rings. The summed E-state index contributed by atoms with van der Waals surface area (Å²) in [5.74, 6) is -1.36. The molecule has 1 amide bonds. The molecule has 22 heavy (non-hydrogen) atoms. The van der Waals surface area contributed by atoms with Crippen LogP contribution in [0.3, 0.4) is 0 Å². The summed E-state index contributed by atoms with van der Waals surface area (Å²) in [6, 6.07) is 9.54. The van der Waals surface area contributed by atoms with E-state index in [0.717, 1.165) is 12.0 Å². The zero-order valence-corrected chi connectivity index (χ0v) is 12.3. The van der Waals surface area contributed by atoms with Gasteiger partial charge in [-0.3, -0.25) is 4.79 Å². The maximum Gasteiger partial charge on any atom is 0.358 e. The zero-order chi connectivity index (χ0) is 15.9. The third kappa shape index (κ3) is 3.91. The monoisotopic (exact) mass is 302 g/mol. The Balaban J connectivity index is 2.00. The molecule has 0 saturated carbocycles. The Morgan fingerprint density at radius 3 is 2.64 bits per heavy atom. The molecular formula is C15H18N4O3. The molecule has 0 aliphatic carbocycles. The number of nitrogens with one attached hydrogen (secondary N) is 1. The van der Waals surface area contributed by atoms with Crippen LogP contribution in [0.2, 0.25) is 0 Å². The number of benzene rings is 1. The van der Waals surface area contributed by atoms with Crippen LogP contribution >= 0.6 is 0 Å². The average Bonchev–Trinajstić information content (AvgIpc) is 2.90. The maximum absolute atomic E-state index is 12.0. The van der Waals surface area contributed by atoms with Crippen LogP contribution in [0.15, 0.2) is 30.3 Å². The van der Waals surface area contributed by atoms with Crippen LogP contribution in [0.5, 0.6) is 0 Å². The molecule has 0 radical (unpaired) electrons. The highest BCUT2D eigenvalue weighted by Gasteiger charge is 2.19. The number of aromatic carboxylic acids is 1. The average molecular weight is 302 g/mol. The van der Waals surface area contributed by atoms with Crippen molar-refractivity contribution in [3.63, 3.8) is 0 Å². The molecule has 2 rings (SSSR count). The molecule has 0 bridgehead atoms. The third-order valence-electron chi connectivity index (χ3n) is 3.15. The number of carbonyl (C=O) groups is 2. The van der Waals surface area contributed by atoms with E-state index < -0.39 is 5.97 Å². The summed E-state index contributed by atoms with van der Waals surface area (Å²) in [5.41, 5.74) is 1.39. The highest BCUT2D eigenvalue weighted by molar-refractivity contribution is 5.86. The molecule has 0 aliphatic heterocycles. The van der Waals surface area contributed by atoms with Crippen molar-refractivity contribution in [2.45, 2.75) is 32.9 Å². The minimum atomic E-state index is -1.13. The van der Waals surface area contributed by atoms with Crippen molar-refractivity contribution in [2.24, 2.45) is 0 Å². The Bertz CT molecular complexity index is 652. The number of rotatable bonds is 7. The third-order valence-corrected chi connectivity index (χ3v) is 3.15. The molecule has 116 valence electrons. The van der Waals surface area contributed by atoms with Gasteiger partial charge in [0.1, 0.15) is 6.54 Å². The lowest BCUT2D eigenvalue weighted by molar-refractivity contribution is -0.122. The van der Waals surface area contributed by atoms with Crippen LogP contribution in [0, 0.1) is 0 Å². The number of aromatic nitrogens is 3. The fourth-order valence-corrected chi connectivity index (χ4v) is 2.10. The highest BCUT2D eigenvalue weighted by atomic mass is 16.4. The van der Waals surface area contributed by atoms with E-state index in [1.807, 2.05) is 37.3 Å². The van der Waals surface area contributed by atoms with E-state index in [1.165, 1.54) is 4.68 Å². The number of nitrogens with zero attached hydrogens (tertiary/aromatic N) is 3. The van der Waals surface area contributed by atoms with Gasteiger partial charge in [0.05, 0.1) is 5.69 Å². The van der Waals surface area contributed by atoms with Gasteiger partial charge < -0.3 is 10.4 Å². The van der Waals surface area contributed by atoms with E-state index in [2.05, 4.69) is 15.6 Å². The number of carboxylic acids is 1. The summed E-state index contributed by atoms with van der Waals surface area (Å²) in [5, 5.41) is 19.3. The Morgan fingerprint density at radius 2 is 2.00 bits per heavy atom. The van der Waals surface area contributed by atoms with Crippen molar-refractivity contribution in [3.8, 4) is 0 Å². The lowest BCUT2D eigenvalue weighted by atomic mass is 10.2. The second-order valence-corrected chi connectivity index (χ2v) is 4.86. The smallest absolute Gasteiger partial charge is 0.358 e. The van der Waals surface area contributed by atoms with Crippen LogP contribution in [0.1, 0.15) is 35.1 Å². The van der Waals surface area contributed by atoms with E-state index in [4.69, 9.17) is 5.11 Å². The van der Waals surface area contributed by atoms with Crippen molar-refractivity contribution in [1.29, 1.82) is 0 Å². The molecule has 0 fully saturated rings. The van der Waals surface area contributed by atoms with Crippen molar-refractivity contribution in [2.75, 3.05) is 0 Å². The van der Waals surface area contributed by atoms with Crippen molar-refractivity contribution in [1.82, 2.24) is 20.3 Å². The fourth-order valence-electron chi connectivity index (χ4n) is 2.10. The predicted molar refractivity (Wildman–Crippen MR) is 79.3 cm³/mol. The van der Waals surface area contributed by atoms with Crippen molar-refractivity contribution >= 4 is 11.9 Å². The molecule has 0 aliphatic rings. The molecule has 7 heteroatoms. The molecule has 1 heterocycles. The van der Waals surface area contributed by atoms with Gasteiger partial charge in [0.15, 0.2) is 5.69 Å². The lowest BCUT2D eigenvalue weighted by Gasteiger charge is -2.07. The van der Waals surface area contributed by atoms with Crippen LogP contribution in [0.25, 0.3) is 0 Å². The number of carbonyl (C=O) groups excluding carboxylic acids is 1. The first-order valence-electron chi connectivity index (χ1n) is 7.08. The Hall–Kier alpha value is -2.70. The second-order valence-electron chi connectivity index (χ2n) is 4.86. The van der Waals surface area contributed by atoms with E-state index >= 15 is 0 Å². The van der Waals surface area contributed by atoms with Gasteiger partial charge in [0.25, 0.3) is 0 Å².